The van der Waals surface area contributed by atoms with Gasteiger partial charge in [0.05, 0.1) is 16.1 Å². The van der Waals surface area contributed by atoms with Crippen LogP contribution in [0.4, 0.5) is 5.13 Å². The zero-order valence-electron chi connectivity index (χ0n) is 12.9. The summed E-state index contributed by atoms with van der Waals surface area (Å²) in [6.07, 6.45) is 4.06. The smallest absolute Gasteiger partial charge is 0.408 e. The van der Waals surface area contributed by atoms with Crippen molar-refractivity contribution in [3.05, 3.63) is 39.3 Å². The monoisotopic (exact) mass is 365 g/mol. The number of nitrogens with zero attached hydrogens (tertiary/aromatic N) is 2. The van der Waals surface area contributed by atoms with Gasteiger partial charge in [0.1, 0.15) is 0 Å². The van der Waals surface area contributed by atoms with Crippen molar-refractivity contribution in [2.24, 2.45) is 7.05 Å². The number of hydrogen-bond acceptors (Lipinski definition) is 6. The molecule has 0 radical (unpaired) electrons. The average Bonchev–Trinajstić information content (AvgIpc) is 3.07. The molecule has 9 heteroatoms. The molecule has 1 aliphatic carbocycles. The van der Waals surface area contributed by atoms with E-state index in [2.05, 4.69) is 9.71 Å². The van der Waals surface area contributed by atoms with E-state index in [9.17, 15) is 13.2 Å². The summed E-state index contributed by atoms with van der Waals surface area (Å²) in [5.41, 5.74) is 1.78. The first-order valence-electron chi connectivity index (χ1n) is 7.55. The Morgan fingerprint density at radius 1 is 1.29 bits per heavy atom. The van der Waals surface area contributed by atoms with E-state index in [1.54, 1.807) is 0 Å². The Labute approximate surface area is 142 Å². The van der Waals surface area contributed by atoms with Crippen LogP contribution < -0.4 is 10.5 Å². The van der Waals surface area contributed by atoms with Crippen LogP contribution in [0.15, 0.2) is 32.3 Å². The second-order valence-corrected chi connectivity index (χ2v) is 8.52. The fourth-order valence-corrected chi connectivity index (χ4v) is 5.15. The lowest BCUT2D eigenvalue weighted by atomic mass is 10.0. The molecule has 0 saturated heterocycles. The van der Waals surface area contributed by atoms with Crippen molar-refractivity contribution in [2.45, 2.75) is 30.6 Å². The van der Waals surface area contributed by atoms with Crippen LogP contribution in [-0.4, -0.2) is 18.0 Å². The predicted molar refractivity (Wildman–Crippen MR) is 91.0 cm³/mol. The second kappa shape index (κ2) is 5.45. The minimum absolute atomic E-state index is 0.0690. The molecule has 0 saturated carbocycles. The summed E-state index contributed by atoms with van der Waals surface area (Å²) < 4.78 is 34.1. The molecule has 0 amide bonds. The topological polar surface area (TPSA) is 94.2 Å². The Morgan fingerprint density at radius 3 is 2.88 bits per heavy atom. The van der Waals surface area contributed by atoms with Crippen LogP contribution in [0.2, 0.25) is 0 Å². The van der Waals surface area contributed by atoms with Crippen molar-refractivity contribution in [1.82, 2.24) is 9.55 Å². The van der Waals surface area contributed by atoms with Crippen molar-refractivity contribution < 1.29 is 12.8 Å². The second-order valence-electron chi connectivity index (χ2n) is 5.76. The van der Waals surface area contributed by atoms with Gasteiger partial charge in [-0.05, 0) is 43.9 Å². The number of aromatic nitrogens is 2. The molecule has 2 heterocycles. The standard InChI is InChI=1S/C15H15N3O4S2/c1-18-11-8-9(6-7-12(11)22-15(18)19)24(20,21)17-14-16-10-4-2-3-5-13(10)23-14/h6-8H,2-5H2,1H3,(H,16,17). The maximum atomic E-state index is 12.6. The van der Waals surface area contributed by atoms with Gasteiger partial charge in [0, 0.05) is 11.9 Å². The summed E-state index contributed by atoms with van der Waals surface area (Å²) in [6, 6.07) is 4.33. The van der Waals surface area contributed by atoms with Crippen LogP contribution in [0.5, 0.6) is 0 Å². The highest BCUT2D eigenvalue weighted by atomic mass is 32.2. The predicted octanol–water partition coefficient (Wildman–Crippen LogP) is 2.27. The third-order valence-corrected chi connectivity index (χ3v) is 6.68. The lowest BCUT2D eigenvalue weighted by Gasteiger charge is -2.06. The molecule has 24 heavy (non-hydrogen) atoms. The molecule has 0 bridgehead atoms. The van der Waals surface area contributed by atoms with Crippen molar-refractivity contribution in [1.29, 1.82) is 0 Å². The normalized spacial score (nSPS) is 14.7. The first kappa shape index (κ1) is 15.4. The molecule has 1 N–H and O–H groups in total. The summed E-state index contributed by atoms with van der Waals surface area (Å²) in [6.45, 7) is 0. The van der Waals surface area contributed by atoms with E-state index in [1.165, 1.54) is 41.2 Å². The number of nitrogens with one attached hydrogen (secondary N) is 1. The van der Waals surface area contributed by atoms with Crippen molar-refractivity contribution in [3.63, 3.8) is 0 Å². The van der Waals surface area contributed by atoms with E-state index in [-0.39, 0.29) is 4.90 Å². The molecule has 0 fully saturated rings. The van der Waals surface area contributed by atoms with E-state index >= 15 is 0 Å². The lowest BCUT2D eigenvalue weighted by molar-refractivity contribution is 0.528. The Bertz CT molecular complexity index is 1070. The molecule has 2 aromatic heterocycles. The molecular weight excluding hydrogens is 350 g/mol. The molecule has 0 unspecified atom stereocenters. The molecule has 0 aliphatic heterocycles. The maximum absolute atomic E-state index is 12.6. The number of rotatable bonds is 3. The number of benzene rings is 1. The Morgan fingerprint density at radius 2 is 2.08 bits per heavy atom. The number of aryl methyl sites for hydroxylation is 3. The van der Waals surface area contributed by atoms with E-state index in [0.29, 0.717) is 16.2 Å². The Hall–Kier alpha value is -2.13. The summed E-state index contributed by atoms with van der Waals surface area (Å²) in [5, 5.41) is 0.392. The third kappa shape index (κ3) is 2.53. The first-order chi connectivity index (χ1) is 11.4. The number of anilines is 1. The van der Waals surface area contributed by atoms with E-state index in [1.807, 2.05) is 0 Å². The summed E-state index contributed by atoms with van der Waals surface area (Å²) >= 11 is 1.39. The van der Waals surface area contributed by atoms with E-state index < -0.39 is 15.8 Å². The quantitative estimate of drug-likeness (QED) is 0.768. The van der Waals surface area contributed by atoms with Crippen LogP contribution >= 0.6 is 11.3 Å². The Balaban J connectivity index is 1.70. The van der Waals surface area contributed by atoms with Gasteiger partial charge in [0.2, 0.25) is 0 Å². The summed E-state index contributed by atoms with van der Waals surface area (Å²) in [4.78, 5) is 17.2. The maximum Gasteiger partial charge on any atom is 0.419 e. The number of hydrogen-bond donors (Lipinski definition) is 1. The zero-order valence-corrected chi connectivity index (χ0v) is 14.5. The van der Waals surface area contributed by atoms with Crippen LogP contribution in [0.3, 0.4) is 0 Å². The number of sulfonamides is 1. The van der Waals surface area contributed by atoms with Gasteiger partial charge in [-0.15, -0.1) is 11.3 Å². The average molecular weight is 365 g/mol. The van der Waals surface area contributed by atoms with Gasteiger partial charge in [0.15, 0.2) is 10.7 Å². The minimum atomic E-state index is -3.77. The largest absolute Gasteiger partial charge is 0.419 e. The van der Waals surface area contributed by atoms with Gasteiger partial charge >= 0.3 is 5.76 Å². The molecule has 7 nitrogen and oxygen atoms in total. The van der Waals surface area contributed by atoms with Gasteiger partial charge in [-0.1, -0.05) is 0 Å². The molecule has 0 spiro atoms. The molecule has 4 rings (SSSR count). The number of fused-ring (bicyclic) bond motifs is 2. The Kier molecular flexibility index (Phi) is 3.50. The highest BCUT2D eigenvalue weighted by Gasteiger charge is 2.21. The van der Waals surface area contributed by atoms with Gasteiger partial charge in [-0.25, -0.2) is 18.2 Å². The number of thiazole rings is 1. The van der Waals surface area contributed by atoms with E-state index in [4.69, 9.17) is 4.42 Å². The molecule has 0 atom stereocenters. The van der Waals surface area contributed by atoms with Crippen LogP contribution in [0.25, 0.3) is 11.1 Å². The fourth-order valence-electron chi connectivity index (χ4n) is 2.84. The minimum Gasteiger partial charge on any atom is -0.408 e. The van der Waals surface area contributed by atoms with Crippen LogP contribution in [-0.2, 0) is 29.9 Å². The highest BCUT2D eigenvalue weighted by molar-refractivity contribution is 7.93. The van der Waals surface area contributed by atoms with Gasteiger partial charge in [-0.2, -0.15) is 0 Å². The van der Waals surface area contributed by atoms with Gasteiger partial charge in [-0.3, -0.25) is 9.29 Å². The van der Waals surface area contributed by atoms with Crippen LogP contribution in [0.1, 0.15) is 23.4 Å². The molecular formula is C15H15N3O4S2. The molecule has 3 aromatic rings. The number of oxazole rings is 1. The first-order valence-corrected chi connectivity index (χ1v) is 9.85. The van der Waals surface area contributed by atoms with Gasteiger partial charge in [0.25, 0.3) is 10.0 Å². The fraction of sp³-hybridized carbons (Fsp3) is 0.333. The molecule has 1 aliphatic rings. The van der Waals surface area contributed by atoms with Crippen molar-refractivity contribution in [2.75, 3.05) is 4.72 Å². The zero-order chi connectivity index (χ0) is 16.9. The highest BCUT2D eigenvalue weighted by Crippen LogP contribution is 2.31. The summed E-state index contributed by atoms with van der Waals surface area (Å²) in [7, 11) is -2.24. The van der Waals surface area contributed by atoms with Crippen molar-refractivity contribution in [3.8, 4) is 0 Å². The lowest BCUT2D eigenvalue weighted by Crippen LogP contribution is -2.13. The summed E-state index contributed by atoms with van der Waals surface area (Å²) in [5.74, 6) is -0.528. The van der Waals surface area contributed by atoms with E-state index in [0.717, 1.165) is 36.3 Å². The molecule has 126 valence electrons. The van der Waals surface area contributed by atoms with Crippen molar-refractivity contribution >= 4 is 37.6 Å². The SMILES string of the molecule is Cn1c(=O)oc2ccc(S(=O)(=O)Nc3nc4c(s3)CCCC4)cc21. The van der Waals surface area contributed by atoms with Crippen LogP contribution in [0, 0.1) is 0 Å². The molecule has 1 aromatic carbocycles. The third-order valence-electron chi connectivity index (χ3n) is 4.14. The van der Waals surface area contributed by atoms with Gasteiger partial charge < -0.3 is 4.42 Å².